The summed E-state index contributed by atoms with van der Waals surface area (Å²) in [6.45, 7) is 6.34. The zero-order valence-corrected chi connectivity index (χ0v) is 13.0. The minimum absolute atomic E-state index is 0.113. The van der Waals surface area contributed by atoms with E-state index in [1.807, 2.05) is 6.92 Å². The Morgan fingerprint density at radius 3 is 2.80 bits per heavy atom. The highest BCUT2D eigenvalue weighted by atomic mass is 35.5. The van der Waals surface area contributed by atoms with Crippen molar-refractivity contribution in [2.24, 2.45) is 0 Å². The fourth-order valence-corrected chi connectivity index (χ4v) is 2.96. The number of likely N-dealkylation sites (tertiary alicyclic amines) is 1. The van der Waals surface area contributed by atoms with Crippen molar-refractivity contribution in [2.45, 2.75) is 19.3 Å². The first-order valence-corrected chi connectivity index (χ1v) is 7.79. The van der Waals surface area contributed by atoms with Gasteiger partial charge in [0.15, 0.2) is 0 Å². The first-order chi connectivity index (χ1) is 9.39. The summed E-state index contributed by atoms with van der Waals surface area (Å²) in [4.78, 5) is 13.5. The third kappa shape index (κ3) is 5.42. The molecule has 0 aliphatic carbocycles. The van der Waals surface area contributed by atoms with Crippen LogP contribution in [-0.4, -0.2) is 48.7 Å². The van der Waals surface area contributed by atoms with Crippen LogP contribution in [0.15, 0.2) is 22.6 Å². The monoisotopic (exact) mass is 324 g/mol. The molecule has 3 nitrogen and oxygen atoms in total. The molecule has 0 radical (unpaired) electrons. The molecule has 0 aromatic carbocycles. The van der Waals surface area contributed by atoms with Gasteiger partial charge in [0.2, 0.25) is 0 Å². The van der Waals surface area contributed by atoms with E-state index in [2.05, 4.69) is 11.9 Å². The Labute approximate surface area is 127 Å². The summed E-state index contributed by atoms with van der Waals surface area (Å²) in [6.07, 6.45) is 1.29. The SMILES string of the molecule is C=C/C(C(=O)NCCN1CCC(F)(F)C1)=C(/Cl)SCC. The molecule has 1 rings (SSSR count). The van der Waals surface area contributed by atoms with Crippen LogP contribution in [-0.2, 0) is 4.79 Å². The van der Waals surface area contributed by atoms with Crippen molar-refractivity contribution in [1.29, 1.82) is 0 Å². The van der Waals surface area contributed by atoms with Crippen LogP contribution < -0.4 is 5.32 Å². The number of rotatable bonds is 7. The van der Waals surface area contributed by atoms with Crippen molar-refractivity contribution in [3.8, 4) is 0 Å². The number of hydrogen-bond donors (Lipinski definition) is 1. The summed E-state index contributed by atoms with van der Waals surface area (Å²) in [5.74, 6) is -2.17. The van der Waals surface area contributed by atoms with Gasteiger partial charge in [-0.05, 0) is 5.75 Å². The molecule has 0 bridgehead atoms. The normalized spacial score (nSPS) is 19.6. The van der Waals surface area contributed by atoms with Gasteiger partial charge in [0, 0.05) is 26.1 Å². The van der Waals surface area contributed by atoms with Crippen molar-refractivity contribution in [3.05, 3.63) is 22.6 Å². The summed E-state index contributed by atoms with van der Waals surface area (Å²) >= 11 is 7.34. The molecule has 7 heteroatoms. The molecule has 0 aromatic rings. The molecule has 1 aliphatic heterocycles. The second-order valence-corrected chi connectivity index (χ2v) is 6.34. The lowest BCUT2D eigenvalue weighted by atomic mass is 10.3. The second-order valence-electron chi connectivity index (χ2n) is 4.46. The minimum atomic E-state index is -2.60. The maximum atomic E-state index is 13.0. The van der Waals surface area contributed by atoms with Gasteiger partial charge in [0.25, 0.3) is 11.8 Å². The number of carbonyl (C=O) groups excluding carboxylic acids is 1. The van der Waals surface area contributed by atoms with Crippen LogP contribution in [0.2, 0.25) is 0 Å². The van der Waals surface area contributed by atoms with E-state index in [9.17, 15) is 13.6 Å². The molecule has 1 N–H and O–H groups in total. The third-order valence-electron chi connectivity index (χ3n) is 2.89. The molecule has 20 heavy (non-hydrogen) atoms. The Balaban J connectivity index is 2.39. The predicted octanol–water partition coefficient (Wildman–Crippen LogP) is 2.83. The van der Waals surface area contributed by atoms with Crippen molar-refractivity contribution in [2.75, 3.05) is 31.9 Å². The minimum Gasteiger partial charge on any atom is -0.351 e. The molecule has 1 amide bonds. The first-order valence-electron chi connectivity index (χ1n) is 6.43. The quantitative estimate of drug-likeness (QED) is 0.577. The van der Waals surface area contributed by atoms with Gasteiger partial charge >= 0.3 is 0 Å². The van der Waals surface area contributed by atoms with E-state index >= 15 is 0 Å². The Hall–Kier alpha value is -0.590. The predicted molar refractivity (Wildman–Crippen MR) is 80.2 cm³/mol. The summed E-state index contributed by atoms with van der Waals surface area (Å²) in [5.41, 5.74) is 0.324. The number of nitrogens with zero attached hydrogens (tertiary/aromatic N) is 1. The molecule has 0 unspecified atom stereocenters. The number of hydrogen-bond acceptors (Lipinski definition) is 3. The fraction of sp³-hybridized carbons (Fsp3) is 0.615. The number of amides is 1. The Morgan fingerprint density at radius 1 is 1.60 bits per heavy atom. The van der Waals surface area contributed by atoms with Gasteiger partial charge in [-0.15, -0.1) is 11.8 Å². The molecule has 0 atom stereocenters. The number of alkyl halides is 2. The van der Waals surface area contributed by atoms with Gasteiger partial charge in [-0.2, -0.15) is 0 Å². The van der Waals surface area contributed by atoms with Gasteiger partial charge in [0.05, 0.1) is 16.5 Å². The lowest BCUT2D eigenvalue weighted by Gasteiger charge is -2.16. The van der Waals surface area contributed by atoms with Gasteiger partial charge in [-0.3, -0.25) is 9.69 Å². The van der Waals surface area contributed by atoms with Gasteiger partial charge < -0.3 is 5.32 Å². The van der Waals surface area contributed by atoms with Gasteiger partial charge in [0.1, 0.15) is 0 Å². The van der Waals surface area contributed by atoms with Crippen LogP contribution in [0.3, 0.4) is 0 Å². The van der Waals surface area contributed by atoms with Crippen LogP contribution in [0, 0.1) is 0 Å². The van der Waals surface area contributed by atoms with E-state index < -0.39 is 5.92 Å². The Bertz CT molecular complexity index is 402. The molecular formula is C13H19ClF2N2OS. The molecule has 1 fully saturated rings. The van der Waals surface area contributed by atoms with Crippen LogP contribution in [0.4, 0.5) is 8.78 Å². The van der Waals surface area contributed by atoms with Gasteiger partial charge in [-0.25, -0.2) is 8.78 Å². The molecule has 0 aromatic heterocycles. The molecule has 1 aliphatic rings. The average molecular weight is 325 g/mol. The molecular weight excluding hydrogens is 306 g/mol. The molecule has 114 valence electrons. The van der Waals surface area contributed by atoms with E-state index in [1.165, 1.54) is 17.8 Å². The molecule has 1 heterocycles. The largest absolute Gasteiger partial charge is 0.351 e. The summed E-state index contributed by atoms with van der Waals surface area (Å²) in [6, 6.07) is 0. The van der Waals surface area contributed by atoms with E-state index in [1.54, 1.807) is 4.90 Å². The zero-order chi connectivity index (χ0) is 15.2. The smallest absolute Gasteiger partial charge is 0.261 e. The highest BCUT2D eigenvalue weighted by Crippen LogP contribution is 2.26. The first kappa shape index (κ1) is 17.5. The maximum absolute atomic E-state index is 13.0. The van der Waals surface area contributed by atoms with E-state index in [0.717, 1.165) is 5.75 Å². The van der Waals surface area contributed by atoms with Crippen molar-refractivity contribution in [1.82, 2.24) is 10.2 Å². The standard InChI is InChI=1S/C13H19ClF2N2OS/c1-3-10(11(14)20-4-2)12(19)17-6-8-18-7-5-13(15,16)9-18/h3H,1,4-9H2,2H3,(H,17,19)/b11-10+. The highest BCUT2D eigenvalue weighted by molar-refractivity contribution is 8.04. The lowest BCUT2D eigenvalue weighted by molar-refractivity contribution is -0.117. The lowest BCUT2D eigenvalue weighted by Crippen LogP contribution is -2.35. The average Bonchev–Trinajstić information content (AvgIpc) is 2.70. The number of nitrogens with one attached hydrogen (secondary N) is 1. The highest BCUT2D eigenvalue weighted by Gasteiger charge is 2.37. The Morgan fingerprint density at radius 2 is 2.30 bits per heavy atom. The van der Waals surface area contributed by atoms with Crippen LogP contribution in [0.5, 0.6) is 0 Å². The summed E-state index contributed by atoms with van der Waals surface area (Å²) in [5, 5.41) is 2.67. The van der Waals surface area contributed by atoms with Crippen LogP contribution in [0.25, 0.3) is 0 Å². The number of thioether (sulfide) groups is 1. The second kappa shape index (κ2) is 8.00. The van der Waals surface area contributed by atoms with E-state index in [0.29, 0.717) is 29.6 Å². The number of halogens is 3. The summed E-state index contributed by atoms with van der Waals surface area (Å²) < 4.78 is 26.4. The number of carbonyl (C=O) groups is 1. The van der Waals surface area contributed by atoms with Gasteiger partial charge in [-0.1, -0.05) is 31.2 Å². The molecule has 1 saturated heterocycles. The molecule has 0 spiro atoms. The summed E-state index contributed by atoms with van der Waals surface area (Å²) in [7, 11) is 0. The van der Waals surface area contributed by atoms with Crippen LogP contribution >= 0.6 is 23.4 Å². The fourth-order valence-electron chi connectivity index (χ4n) is 1.89. The maximum Gasteiger partial charge on any atom is 0.261 e. The zero-order valence-electron chi connectivity index (χ0n) is 11.4. The molecule has 0 saturated carbocycles. The van der Waals surface area contributed by atoms with Crippen molar-refractivity contribution in [3.63, 3.8) is 0 Å². The van der Waals surface area contributed by atoms with E-state index in [4.69, 9.17) is 11.6 Å². The van der Waals surface area contributed by atoms with E-state index in [-0.39, 0.29) is 18.9 Å². The van der Waals surface area contributed by atoms with Crippen LogP contribution in [0.1, 0.15) is 13.3 Å². The topological polar surface area (TPSA) is 32.3 Å². The Kier molecular flexibility index (Phi) is 6.99. The third-order valence-corrected chi connectivity index (χ3v) is 4.19. The van der Waals surface area contributed by atoms with Crippen molar-refractivity contribution < 1.29 is 13.6 Å². The van der Waals surface area contributed by atoms with Crippen molar-refractivity contribution >= 4 is 29.3 Å².